The largest absolute Gasteiger partial charge is 0.310 e. The summed E-state index contributed by atoms with van der Waals surface area (Å²) in [6.45, 7) is 4.25. The van der Waals surface area contributed by atoms with Crippen molar-refractivity contribution in [1.82, 2.24) is 0 Å². The van der Waals surface area contributed by atoms with E-state index in [0.29, 0.717) is 0 Å². The molecule has 0 aromatic heterocycles. The molecule has 0 bridgehead atoms. The van der Waals surface area contributed by atoms with Crippen molar-refractivity contribution >= 4 is 38.6 Å². The molecule has 0 N–H and O–H groups in total. The molecule has 0 heterocycles. The van der Waals surface area contributed by atoms with Crippen LogP contribution in [0.25, 0.3) is 21.5 Å². The van der Waals surface area contributed by atoms with E-state index in [1.165, 1.54) is 49.7 Å². The van der Waals surface area contributed by atoms with Crippen molar-refractivity contribution in [3.63, 3.8) is 0 Å². The predicted octanol–water partition coefficient (Wildman–Crippen LogP) is 8.08. The van der Waals surface area contributed by atoms with Crippen LogP contribution in [0.1, 0.15) is 11.1 Å². The molecule has 5 rings (SSSR count). The zero-order valence-electron chi connectivity index (χ0n) is 16.8. The lowest BCUT2D eigenvalue weighted by Crippen LogP contribution is -2.09. The van der Waals surface area contributed by atoms with Gasteiger partial charge in [0.25, 0.3) is 0 Å². The second kappa shape index (κ2) is 7.10. The molecule has 0 unspecified atom stereocenters. The van der Waals surface area contributed by atoms with E-state index in [0.717, 1.165) is 0 Å². The fourth-order valence-electron chi connectivity index (χ4n) is 3.90. The number of aryl methyl sites for hydroxylation is 2. The van der Waals surface area contributed by atoms with Crippen molar-refractivity contribution in [3.05, 3.63) is 114 Å². The van der Waals surface area contributed by atoms with Gasteiger partial charge in [0.05, 0.1) is 0 Å². The van der Waals surface area contributed by atoms with Crippen molar-refractivity contribution in [2.24, 2.45) is 0 Å². The number of hydrogen-bond donors (Lipinski definition) is 0. The molecule has 0 fully saturated rings. The third kappa shape index (κ3) is 3.36. The van der Waals surface area contributed by atoms with Crippen molar-refractivity contribution < 1.29 is 0 Å². The summed E-state index contributed by atoms with van der Waals surface area (Å²) in [5, 5.41) is 5.07. The van der Waals surface area contributed by atoms with Gasteiger partial charge in [-0.25, -0.2) is 0 Å². The molecule has 0 aliphatic carbocycles. The first-order valence-corrected chi connectivity index (χ1v) is 10.0. The molecule has 140 valence electrons. The van der Waals surface area contributed by atoms with Gasteiger partial charge in [-0.2, -0.15) is 0 Å². The van der Waals surface area contributed by atoms with E-state index >= 15 is 0 Å². The Morgan fingerprint density at radius 1 is 0.414 bits per heavy atom. The highest BCUT2D eigenvalue weighted by Crippen LogP contribution is 2.36. The van der Waals surface area contributed by atoms with Gasteiger partial charge in [0.15, 0.2) is 0 Å². The lowest BCUT2D eigenvalue weighted by atomic mass is 10.0. The zero-order valence-corrected chi connectivity index (χ0v) is 16.8. The number of benzene rings is 5. The fraction of sp³-hybridized carbons (Fsp3) is 0.0714. The van der Waals surface area contributed by atoms with Gasteiger partial charge in [0.1, 0.15) is 0 Å². The van der Waals surface area contributed by atoms with E-state index in [4.69, 9.17) is 0 Å². The Bertz CT molecular complexity index is 1250. The lowest BCUT2D eigenvalue weighted by Gasteiger charge is -2.26. The summed E-state index contributed by atoms with van der Waals surface area (Å²) in [6.07, 6.45) is 0. The quantitative estimate of drug-likeness (QED) is 0.289. The minimum Gasteiger partial charge on any atom is -0.310 e. The van der Waals surface area contributed by atoms with Crippen molar-refractivity contribution in [2.75, 3.05) is 4.90 Å². The van der Waals surface area contributed by atoms with Crippen molar-refractivity contribution in [1.29, 1.82) is 0 Å². The van der Waals surface area contributed by atoms with Gasteiger partial charge in [0, 0.05) is 17.1 Å². The van der Waals surface area contributed by atoms with Crippen LogP contribution in [0.2, 0.25) is 0 Å². The summed E-state index contributed by atoms with van der Waals surface area (Å²) >= 11 is 0. The zero-order chi connectivity index (χ0) is 19.8. The lowest BCUT2D eigenvalue weighted by molar-refractivity contribution is 1.27. The summed E-state index contributed by atoms with van der Waals surface area (Å²) in [5.41, 5.74) is 6.03. The Labute approximate surface area is 171 Å². The number of hydrogen-bond acceptors (Lipinski definition) is 1. The minimum absolute atomic E-state index is 1.17. The van der Waals surface area contributed by atoms with Gasteiger partial charge in [-0.05, 0) is 83.9 Å². The predicted molar refractivity (Wildman–Crippen MR) is 126 cm³/mol. The standard InChI is InChI=1S/C28H23N/c1-20-7-12-26(13-8-20)29(27-14-9-21(2)10-15-27)28-16-11-24-17-22-5-3-4-6-23(22)18-25(24)19-28/h3-19H,1-2H3. The van der Waals surface area contributed by atoms with Gasteiger partial charge in [-0.3, -0.25) is 0 Å². The maximum atomic E-state index is 2.33. The number of fused-ring (bicyclic) bond motifs is 2. The minimum atomic E-state index is 1.17. The van der Waals surface area contributed by atoms with Crippen LogP contribution in [0.15, 0.2) is 103 Å². The topological polar surface area (TPSA) is 3.24 Å². The summed E-state index contributed by atoms with van der Waals surface area (Å²) in [4.78, 5) is 2.33. The Hall–Kier alpha value is -3.58. The van der Waals surface area contributed by atoms with Crippen LogP contribution in [0.3, 0.4) is 0 Å². The van der Waals surface area contributed by atoms with Crippen LogP contribution >= 0.6 is 0 Å². The Balaban J connectivity index is 1.70. The maximum Gasteiger partial charge on any atom is 0.0468 e. The average Bonchev–Trinajstić information content (AvgIpc) is 2.75. The van der Waals surface area contributed by atoms with Crippen LogP contribution in [0.4, 0.5) is 17.1 Å². The molecular weight excluding hydrogens is 350 g/mol. The summed E-state index contributed by atoms with van der Waals surface area (Å²) in [7, 11) is 0. The van der Waals surface area contributed by atoms with Gasteiger partial charge < -0.3 is 4.90 Å². The molecule has 5 aromatic rings. The average molecular weight is 373 g/mol. The highest BCUT2D eigenvalue weighted by atomic mass is 15.1. The van der Waals surface area contributed by atoms with Gasteiger partial charge in [-0.1, -0.05) is 65.7 Å². The molecule has 0 spiro atoms. The molecule has 5 aromatic carbocycles. The van der Waals surface area contributed by atoms with Crippen molar-refractivity contribution in [2.45, 2.75) is 13.8 Å². The highest BCUT2D eigenvalue weighted by Gasteiger charge is 2.13. The molecule has 0 saturated heterocycles. The molecule has 0 aliphatic rings. The Kier molecular flexibility index (Phi) is 4.29. The van der Waals surface area contributed by atoms with E-state index < -0.39 is 0 Å². The smallest absolute Gasteiger partial charge is 0.0468 e. The normalized spacial score (nSPS) is 11.1. The monoisotopic (exact) mass is 373 g/mol. The van der Waals surface area contributed by atoms with Crippen molar-refractivity contribution in [3.8, 4) is 0 Å². The van der Waals surface area contributed by atoms with E-state index in [-0.39, 0.29) is 0 Å². The van der Waals surface area contributed by atoms with Gasteiger partial charge >= 0.3 is 0 Å². The van der Waals surface area contributed by atoms with E-state index in [1.807, 2.05) is 0 Å². The fourth-order valence-corrected chi connectivity index (χ4v) is 3.90. The van der Waals surface area contributed by atoms with Crippen LogP contribution in [-0.2, 0) is 0 Å². The summed E-state index contributed by atoms with van der Waals surface area (Å²) in [6, 6.07) is 37.3. The first kappa shape index (κ1) is 17.5. The maximum absolute atomic E-state index is 2.33. The Morgan fingerprint density at radius 3 is 1.41 bits per heavy atom. The van der Waals surface area contributed by atoms with E-state index in [1.54, 1.807) is 0 Å². The molecule has 0 amide bonds. The van der Waals surface area contributed by atoms with Crippen LogP contribution in [0, 0.1) is 13.8 Å². The van der Waals surface area contributed by atoms with Crippen LogP contribution in [0.5, 0.6) is 0 Å². The summed E-state index contributed by atoms with van der Waals surface area (Å²) in [5.74, 6) is 0. The molecule has 0 atom stereocenters. The van der Waals surface area contributed by atoms with Crippen LogP contribution in [-0.4, -0.2) is 0 Å². The molecular formula is C28H23N. The molecule has 0 aliphatic heterocycles. The molecule has 0 saturated carbocycles. The second-order valence-electron chi connectivity index (χ2n) is 7.74. The van der Waals surface area contributed by atoms with Gasteiger partial charge in [-0.15, -0.1) is 0 Å². The van der Waals surface area contributed by atoms with E-state index in [2.05, 4.69) is 122 Å². The molecule has 0 radical (unpaired) electrons. The number of nitrogens with zero attached hydrogens (tertiary/aromatic N) is 1. The Morgan fingerprint density at radius 2 is 0.862 bits per heavy atom. The van der Waals surface area contributed by atoms with Gasteiger partial charge in [0.2, 0.25) is 0 Å². The number of anilines is 3. The van der Waals surface area contributed by atoms with E-state index in [9.17, 15) is 0 Å². The third-order valence-corrected chi connectivity index (χ3v) is 5.53. The molecule has 1 nitrogen and oxygen atoms in total. The first-order chi connectivity index (χ1) is 14.2. The summed E-state index contributed by atoms with van der Waals surface area (Å²) < 4.78 is 0. The second-order valence-corrected chi connectivity index (χ2v) is 7.74. The SMILES string of the molecule is Cc1ccc(N(c2ccc(C)cc2)c2ccc3cc4ccccc4cc3c2)cc1. The highest BCUT2D eigenvalue weighted by molar-refractivity contribution is 6.00. The number of rotatable bonds is 3. The first-order valence-electron chi connectivity index (χ1n) is 10.0. The van der Waals surface area contributed by atoms with Crippen LogP contribution < -0.4 is 4.90 Å². The third-order valence-electron chi connectivity index (χ3n) is 5.53. The molecule has 1 heteroatoms. The molecule has 29 heavy (non-hydrogen) atoms.